The number of ether oxygens (including phenoxy) is 3. The summed E-state index contributed by atoms with van der Waals surface area (Å²) in [7, 11) is 2.15. The van der Waals surface area contributed by atoms with Crippen molar-refractivity contribution in [3.63, 3.8) is 0 Å². The van der Waals surface area contributed by atoms with Gasteiger partial charge in [0.2, 0.25) is 5.91 Å². The molecule has 1 amide bonds. The normalized spacial score (nSPS) is 19.7. The first kappa shape index (κ1) is 18.9. The molecular weight excluding hydrogens is 310 g/mol. The van der Waals surface area contributed by atoms with E-state index < -0.39 is 47.8 Å². The maximum absolute atomic E-state index is 12.0. The fourth-order valence-corrected chi connectivity index (χ4v) is 2.42. The van der Waals surface area contributed by atoms with Crippen molar-refractivity contribution in [2.45, 2.75) is 31.9 Å². The molecule has 9 nitrogen and oxygen atoms in total. The molecule has 1 aliphatic heterocycles. The van der Waals surface area contributed by atoms with Crippen molar-refractivity contribution in [3.8, 4) is 0 Å². The van der Waals surface area contributed by atoms with Gasteiger partial charge in [-0.2, -0.15) is 0 Å². The molecule has 1 heterocycles. The number of aliphatic carboxylic acids is 1. The fourth-order valence-electron chi connectivity index (χ4n) is 2.42. The van der Waals surface area contributed by atoms with E-state index >= 15 is 0 Å². The van der Waals surface area contributed by atoms with Gasteiger partial charge < -0.3 is 24.6 Å². The third-order valence-electron chi connectivity index (χ3n) is 3.75. The summed E-state index contributed by atoms with van der Waals surface area (Å²) in [5, 5.41) is 11.7. The van der Waals surface area contributed by atoms with Crippen LogP contribution < -0.4 is 5.32 Å². The Kier molecular flexibility index (Phi) is 6.95. The van der Waals surface area contributed by atoms with Crippen molar-refractivity contribution < 1.29 is 38.5 Å². The summed E-state index contributed by atoms with van der Waals surface area (Å²) in [5.41, 5.74) is 0. The maximum Gasteiger partial charge on any atom is 0.326 e. The minimum atomic E-state index is -1.46. The summed E-state index contributed by atoms with van der Waals surface area (Å²) in [4.78, 5) is 47.0. The highest BCUT2D eigenvalue weighted by atomic mass is 16.5. The molecule has 0 saturated carbocycles. The average Bonchev–Trinajstić information content (AvgIpc) is 3.05. The van der Waals surface area contributed by atoms with E-state index in [4.69, 9.17) is 4.74 Å². The Hall–Kier alpha value is -2.16. The van der Waals surface area contributed by atoms with Gasteiger partial charge in [-0.25, -0.2) is 4.79 Å². The van der Waals surface area contributed by atoms with E-state index in [0.29, 0.717) is 19.4 Å². The average molecular weight is 331 g/mol. The van der Waals surface area contributed by atoms with E-state index in [1.807, 2.05) is 0 Å². The third kappa shape index (κ3) is 4.65. The van der Waals surface area contributed by atoms with E-state index in [0.717, 1.165) is 14.2 Å². The number of carboxylic acid groups (broad SMARTS) is 1. The minimum Gasteiger partial charge on any atom is -0.480 e. The fraction of sp³-hybridized carbons (Fsp3) is 0.714. The van der Waals surface area contributed by atoms with Crippen LogP contribution in [0.5, 0.6) is 0 Å². The van der Waals surface area contributed by atoms with Crippen LogP contribution in [-0.2, 0) is 33.4 Å². The number of nitrogens with one attached hydrogen (secondary N) is 1. The van der Waals surface area contributed by atoms with Gasteiger partial charge in [0.25, 0.3) is 0 Å². The molecule has 0 aromatic heterocycles. The Bertz CT molecular complexity index is 455. The Balaban J connectivity index is 2.92. The zero-order valence-electron chi connectivity index (χ0n) is 13.2. The van der Waals surface area contributed by atoms with Crippen molar-refractivity contribution in [3.05, 3.63) is 0 Å². The number of hydrogen-bond donors (Lipinski definition) is 2. The van der Waals surface area contributed by atoms with Gasteiger partial charge in [-0.3, -0.25) is 14.4 Å². The lowest BCUT2D eigenvalue weighted by molar-refractivity contribution is -0.163. The van der Waals surface area contributed by atoms with Crippen LogP contribution in [0.25, 0.3) is 0 Å². The minimum absolute atomic E-state index is 0.429. The first-order valence-corrected chi connectivity index (χ1v) is 7.13. The highest BCUT2D eigenvalue weighted by Crippen LogP contribution is 2.21. The van der Waals surface area contributed by atoms with Gasteiger partial charge in [0, 0.05) is 12.5 Å². The molecule has 1 fully saturated rings. The van der Waals surface area contributed by atoms with Gasteiger partial charge in [-0.15, -0.1) is 0 Å². The summed E-state index contributed by atoms with van der Waals surface area (Å²) < 4.78 is 14.2. The zero-order valence-corrected chi connectivity index (χ0v) is 13.2. The zero-order chi connectivity index (χ0) is 17.6. The summed E-state index contributed by atoms with van der Waals surface area (Å²) in [5.74, 6) is -6.35. The molecule has 0 unspecified atom stereocenters. The van der Waals surface area contributed by atoms with Crippen molar-refractivity contribution in [1.29, 1.82) is 0 Å². The van der Waals surface area contributed by atoms with Crippen LogP contribution in [0, 0.1) is 11.8 Å². The quantitative estimate of drug-likeness (QED) is 0.464. The summed E-state index contributed by atoms with van der Waals surface area (Å²) in [6.07, 6.45) is 0.473. The number of carbonyl (C=O) groups excluding carboxylic acids is 3. The molecule has 0 aromatic rings. The molecular formula is C14H21NO8. The first-order chi connectivity index (χ1) is 10.8. The number of carbonyl (C=O) groups is 4. The molecule has 3 atom stereocenters. The van der Waals surface area contributed by atoms with E-state index in [1.54, 1.807) is 0 Å². The molecule has 0 radical (unpaired) electrons. The van der Waals surface area contributed by atoms with Gasteiger partial charge in [-0.05, 0) is 12.8 Å². The first-order valence-electron chi connectivity index (χ1n) is 7.13. The van der Waals surface area contributed by atoms with E-state index in [1.165, 1.54) is 6.92 Å². The highest BCUT2D eigenvalue weighted by Gasteiger charge is 2.42. The second-order valence-corrected chi connectivity index (χ2v) is 5.21. The molecule has 0 bridgehead atoms. The Labute approximate surface area is 133 Å². The SMILES string of the molecule is COC(=O)C(C(=O)OC)[C@H](C)[C@@H](NC(=O)[C@@H]1CCCO1)C(=O)O. The van der Waals surface area contributed by atoms with E-state index in [2.05, 4.69) is 14.8 Å². The molecule has 1 aliphatic rings. The largest absolute Gasteiger partial charge is 0.480 e. The van der Waals surface area contributed by atoms with Crippen molar-refractivity contribution in [1.82, 2.24) is 5.32 Å². The molecule has 9 heteroatoms. The molecule has 130 valence electrons. The van der Waals surface area contributed by atoms with Gasteiger partial charge >= 0.3 is 17.9 Å². The number of methoxy groups -OCH3 is 2. The lowest BCUT2D eigenvalue weighted by Crippen LogP contribution is -2.52. The lowest BCUT2D eigenvalue weighted by atomic mass is 9.87. The summed E-state index contributed by atoms with van der Waals surface area (Å²) >= 11 is 0. The van der Waals surface area contributed by atoms with Crippen LogP contribution in [0.15, 0.2) is 0 Å². The summed E-state index contributed by atoms with van der Waals surface area (Å²) in [6, 6.07) is -1.46. The number of hydrogen-bond acceptors (Lipinski definition) is 7. The molecule has 23 heavy (non-hydrogen) atoms. The van der Waals surface area contributed by atoms with Gasteiger partial charge in [0.15, 0.2) is 5.92 Å². The van der Waals surface area contributed by atoms with Crippen LogP contribution in [-0.4, -0.2) is 61.9 Å². The predicted octanol–water partition coefficient (Wildman–Crippen LogP) is -0.667. The molecule has 1 rings (SSSR count). The molecule has 0 aromatic carbocycles. The van der Waals surface area contributed by atoms with Gasteiger partial charge in [0.05, 0.1) is 14.2 Å². The van der Waals surface area contributed by atoms with E-state index in [-0.39, 0.29) is 0 Å². The Morgan fingerprint density at radius 1 is 1.17 bits per heavy atom. The van der Waals surface area contributed by atoms with Crippen LogP contribution in [0.4, 0.5) is 0 Å². The van der Waals surface area contributed by atoms with Crippen LogP contribution in [0.1, 0.15) is 19.8 Å². The number of carboxylic acids is 1. The topological polar surface area (TPSA) is 128 Å². The summed E-state index contributed by atoms with van der Waals surface area (Å²) in [6.45, 7) is 1.78. The van der Waals surface area contributed by atoms with Crippen molar-refractivity contribution >= 4 is 23.8 Å². The molecule has 0 spiro atoms. The monoisotopic (exact) mass is 331 g/mol. The van der Waals surface area contributed by atoms with Crippen LogP contribution >= 0.6 is 0 Å². The number of rotatable bonds is 7. The second kappa shape index (κ2) is 8.47. The van der Waals surface area contributed by atoms with Gasteiger partial charge in [-0.1, -0.05) is 6.92 Å². The predicted molar refractivity (Wildman–Crippen MR) is 75.2 cm³/mol. The standard InChI is InChI=1S/C14H21NO8/c1-7(9(13(19)21-2)14(20)22-3)10(12(17)18)15-11(16)8-5-4-6-23-8/h7-10H,4-6H2,1-3H3,(H,15,16)(H,17,18)/t7-,8-,10+/m0/s1. The maximum atomic E-state index is 12.0. The van der Waals surface area contributed by atoms with Crippen molar-refractivity contribution in [2.75, 3.05) is 20.8 Å². The Morgan fingerprint density at radius 2 is 1.74 bits per heavy atom. The van der Waals surface area contributed by atoms with Crippen LogP contribution in [0.2, 0.25) is 0 Å². The van der Waals surface area contributed by atoms with E-state index in [9.17, 15) is 24.3 Å². The smallest absolute Gasteiger partial charge is 0.326 e. The Morgan fingerprint density at radius 3 is 2.13 bits per heavy atom. The number of amides is 1. The van der Waals surface area contributed by atoms with Crippen LogP contribution in [0.3, 0.4) is 0 Å². The molecule has 2 N–H and O–H groups in total. The number of esters is 2. The molecule has 1 saturated heterocycles. The second-order valence-electron chi connectivity index (χ2n) is 5.21. The molecule has 0 aliphatic carbocycles. The van der Waals surface area contributed by atoms with Gasteiger partial charge in [0.1, 0.15) is 12.1 Å². The van der Waals surface area contributed by atoms with Crippen molar-refractivity contribution in [2.24, 2.45) is 11.8 Å². The lowest BCUT2D eigenvalue weighted by Gasteiger charge is -2.26. The third-order valence-corrected chi connectivity index (χ3v) is 3.75. The highest BCUT2D eigenvalue weighted by molar-refractivity contribution is 5.96.